The van der Waals surface area contributed by atoms with Gasteiger partial charge in [-0.05, 0) is 25.1 Å². The standard InChI is InChI=1S/C19H17N5O3/c1-2-27-17-6-18(24-8-14(7-20)21-11-24)23-16-4-3-13(5-15(16)17)22-19(25)12-9-26-10-12/h3-6,8,11-12H,2,9-10H2,1H3,(H,22,25). The van der Waals surface area contributed by atoms with Gasteiger partial charge in [-0.1, -0.05) is 0 Å². The van der Waals surface area contributed by atoms with Crippen LogP contribution < -0.4 is 10.1 Å². The summed E-state index contributed by atoms with van der Waals surface area (Å²) in [4.78, 5) is 20.8. The number of amides is 1. The summed E-state index contributed by atoms with van der Waals surface area (Å²) in [7, 11) is 0. The Morgan fingerprint density at radius 3 is 2.96 bits per heavy atom. The van der Waals surface area contributed by atoms with E-state index >= 15 is 0 Å². The van der Waals surface area contributed by atoms with Gasteiger partial charge in [-0.3, -0.25) is 9.36 Å². The topological polar surface area (TPSA) is 102 Å². The lowest BCUT2D eigenvalue weighted by Gasteiger charge is -2.24. The Hall–Kier alpha value is -3.44. The largest absolute Gasteiger partial charge is 0.493 e. The van der Waals surface area contributed by atoms with Crippen LogP contribution in [0.25, 0.3) is 16.7 Å². The predicted octanol–water partition coefficient (Wildman–Crippen LogP) is 2.28. The third kappa shape index (κ3) is 3.32. The molecule has 0 radical (unpaired) electrons. The van der Waals surface area contributed by atoms with Crippen LogP contribution in [0.15, 0.2) is 36.8 Å². The third-order valence-corrected chi connectivity index (χ3v) is 4.30. The molecule has 1 amide bonds. The van der Waals surface area contributed by atoms with Crippen molar-refractivity contribution < 1.29 is 14.3 Å². The molecule has 0 bridgehead atoms. The average molecular weight is 363 g/mol. The molecule has 1 aliphatic rings. The summed E-state index contributed by atoms with van der Waals surface area (Å²) < 4.78 is 12.5. The van der Waals surface area contributed by atoms with E-state index in [4.69, 9.17) is 14.7 Å². The summed E-state index contributed by atoms with van der Waals surface area (Å²) in [5, 5.41) is 12.7. The maximum absolute atomic E-state index is 12.1. The van der Waals surface area contributed by atoms with Crippen LogP contribution in [0.5, 0.6) is 5.75 Å². The molecule has 1 fully saturated rings. The van der Waals surface area contributed by atoms with E-state index in [1.54, 1.807) is 22.9 Å². The van der Waals surface area contributed by atoms with Gasteiger partial charge in [0.05, 0.1) is 31.3 Å². The third-order valence-electron chi connectivity index (χ3n) is 4.30. The van der Waals surface area contributed by atoms with Gasteiger partial charge in [0, 0.05) is 23.3 Å². The molecule has 1 saturated heterocycles. The number of carbonyl (C=O) groups is 1. The molecule has 8 nitrogen and oxygen atoms in total. The molecule has 3 heterocycles. The molecule has 1 N–H and O–H groups in total. The number of pyridine rings is 1. The summed E-state index contributed by atoms with van der Waals surface area (Å²) in [6.07, 6.45) is 3.15. The van der Waals surface area contributed by atoms with Crippen LogP contribution in [0.1, 0.15) is 12.6 Å². The van der Waals surface area contributed by atoms with E-state index in [1.807, 2.05) is 25.1 Å². The molecular weight excluding hydrogens is 346 g/mol. The summed E-state index contributed by atoms with van der Waals surface area (Å²) >= 11 is 0. The highest BCUT2D eigenvalue weighted by atomic mass is 16.5. The van der Waals surface area contributed by atoms with Gasteiger partial charge < -0.3 is 14.8 Å². The number of hydrogen-bond donors (Lipinski definition) is 1. The van der Waals surface area contributed by atoms with E-state index < -0.39 is 0 Å². The van der Waals surface area contributed by atoms with Crippen molar-refractivity contribution in [2.45, 2.75) is 6.92 Å². The van der Waals surface area contributed by atoms with Crippen LogP contribution in [0, 0.1) is 17.2 Å². The molecule has 27 heavy (non-hydrogen) atoms. The van der Waals surface area contributed by atoms with Crippen LogP contribution in [-0.4, -0.2) is 40.3 Å². The van der Waals surface area contributed by atoms with Crippen LogP contribution in [0.2, 0.25) is 0 Å². The molecule has 136 valence electrons. The molecule has 0 spiro atoms. The number of nitriles is 1. The second-order valence-corrected chi connectivity index (χ2v) is 6.15. The van der Waals surface area contributed by atoms with Gasteiger partial charge in [0.25, 0.3) is 0 Å². The Labute approximate surface area is 155 Å². The highest BCUT2D eigenvalue weighted by Gasteiger charge is 2.26. The molecule has 2 aromatic heterocycles. The quantitative estimate of drug-likeness (QED) is 0.746. The normalized spacial score (nSPS) is 13.8. The van der Waals surface area contributed by atoms with Crippen LogP contribution in [0.4, 0.5) is 5.69 Å². The minimum Gasteiger partial charge on any atom is -0.493 e. The zero-order chi connectivity index (χ0) is 18.8. The van der Waals surface area contributed by atoms with Crippen molar-refractivity contribution >= 4 is 22.5 Å². The van der Waals surface area contributed by atoms with Gasteiger partial charge >= 0.3 is 0 Å². The van der Waals surface area contributed by atoms with Gasteiger partial charge in [0.15, 0.2) is 5.69 Å². The second-order valence-electron chi connectivity index (χ2n) is 6.15. The van der Waals surface area contributed by atoms with Gasteiger partial charge in [-0.2, -0.15) is 5.26 Å². The maximum atomic E-state index is 12.1. The van der Waals surface area contributed by atoms with E-state index in [-0.39, 0.29) is 11.8 Å². The molecule has 1 aromatic carbocycles. The molecule has 0 aliphatic carbocycles. The van der Waals surface area contributed by atoms with E-state index in [0.717, 1.165) is 5.39 Å². The summed E-state index contributed by atoms with van der Waals surface area (Å²) in [5.41, 5.74) is 1.71. The first-order valence-electron chi connectivity index (χ1n) is 8.58. The van der Waals surface area contributed by atoms with E-state index in [0.29, 0.717) is 48.3 Å². The molecule has 0 atom stereocenters. The molecule has 1 aliphatic heterocycles. The SMILES string of the molecule is CCOc1cc(-n2cnc(C#N)c2)nc2ccc(NC(=O)C3COC3)cc12. The molecule has 0 unspecified atom stereocenters. The number of hydrogen-bond acceptors (Lipinski definition) is 6. The number of rotatable bonds is 5. The van der Waals surface area contributed by atoms with Gasteiger partial charge in [0.2, 0.25) is 5.91 Å². The molecule has 3 aromatic rings. The van der Waals surface area contributed by atoms with Crippen molar-refractivity contribution in [1.29, 1.82) is 5.26 Å². The second kappa shape index (κ2) is 7.05. The van der Waals surface area contributed by atoms with Gasteiger partial charge in [-0.25, -0.2) is 9.97 Å². The highest BCUT2D eigenvalue weighted by Crippen LogP contribution is 2.30. The number of carbonyl (C=O) groups excluding carboxylic acids is 1. The fourth-order valence-corrected chi connectivity index (χ4v) is 2.80. The Balaban J connectivity index is 1.71. The number of ether oxygens (including phenoxy) is 2. The number of nitrogens with one attached hydrogen (secondary N) is 1. The fraction of sp³-hybridized carbons (Fsp3) is 0.263. The molecule has 8 heteroatoms. The van der Waals surface area contributed by atoms with Crippen LogP contribution in [-0.2, 0) is 9.53 Å². The number of aromatic nitrogens is 3. The van der Waals surface area contributed by atoms with E-state index in [2.05, 4.69) is 15.3 Å². The average Bonchev–Trinajstić information content (AvgIpc) is 3.10. The van der Waals surface area contributed by atoms with Crippen molar-refractivity contribution in [2.75, 3.05) is 25.1 Å². The van der Waals surface area contributed by atoms with Crippen molar-refractivity contribution in [1.82, 2.24) is 14.5 Å². The minimum absolute atomic E-state index is 0.0504. The van der Waals surface area contributed by atoms with Crippen molar-refractivity contribution in [3.05, 3.63) is 42.5 Å². The van der Waals surface area contributed by atoms with Crippen LogP contribution in [0.3, 0.4) is 0 Å². The zero-order valence-electron chi connectivity index (χ0n) is 14.7. The zero-order valence-corrected chi connectivity index (χ0v) is 14.7. The van der Waals surface area contributed by atoms with E-state index in [9.17, 15) is 4.79 Å². The fourth-order valence-electron chi connectivity index (χ4n) is 2.80. The van der Waals surface area contributed by atoms with E-state index in [1.165, 1.54) is 6.33 Å². The van der Waals surface area contributed by atoms with Gasteiger partial charge in [0.1, 0.15) is 24.0 Å². The van der Waals surface area contributed by atoms with Gasteiger partial charge in [-0.15, -0.1) is 0 Å². The first kappa shape index (κ1) is 17.0. The Morgan fingerprint density at radius 1 is 1.44 bits per heavy atom. The first-order chi connectivity index (χ1) is 13.2. The minimum atomic E-state index is -0.0943. The first-order valence-corrected chi connectivity index (χ1v) is 8.58. The number of imidazole rings is 1. The lowest BCUT2D eigenvalue weighted by Crippen LogP contribution is -2.38. The predicted molar refractivity (Wildman–Crippen MR) is 97.7 cm³/mol. The monoisotopic (exact) mass is 363 g/mol. The molecule has 4 rings (SSSR count). The highest BCUT2D eigenvalue weighted by molar-refractivity contribution is 5.96. The lowest BCUT2D eigenvalue weighted by molar-refractivity contribution is -0.133. The maximum Gasteiger partial charge on any atom is 0.232 e. The number of benzene rings is 1. The lowest BCUT2D eigenvalue weighted by atomic mass is 10.1. The number of nitrogens with zero attached hydrogens (tertiary/aromatic N) is 4. The smallest absolute Gasteiger partial charge is 0.232 e. The van der Waals surface area contributed by atoms with Crippen molar-refractivity contribution in [2.24, 2.45) is 5.92 Å². The molecule has 0 saturated carbocycles. The van der Waals surface area contributed by atoms with Crippen molar-refractivity contribution in [3.8, 4) is 17.6 Å². The Morgan fingerprint density at radius 2 is 2.30 bits per heavy atom. The Bertz CT molecular complexity index is 1050. The van der Waals surface area contributed by atoms with Crippen molar-refractivity contribution in [3.63, 3.8) is 0 Å². The number of fused-ring (bicyclic) bond motifs is 1. The number of anilines is 1. The Kier molecular flexibility index (Phi) is 4.44. The summed E-state index contributed by atoms with van der Waals surface area (Å²) in [6.45, 7) is 3.31. The van der Waals surface area contributed by atoms with Crippen LogP contribution >= 0.6 is 0 Å². The summed E-state index contributed by atoms with van der Waals surface area (Å²) in [5.74, 6) is 1.10. The molecular formula is C19H17N5O3. The summed E-state index contributed by atoms with van der Waals surface area (Å²) in [6, 6.07) is 9.28.